The van der Waals surface area contributed by atoms with Crippen molar-refractivity contribution in [3.8, 4) is 0 Å². The highest BCUT2D eigenvalue weighted by atomic mass is 16.2. The summed E-state index contributed by atoms with van der Waals surface area (Å²) in [6, 6.07) is 6.96. The fraction of sp³-hybridized carbons (Fsp3) is 0.500. The van der Waals surface area contributed by atoms with Crippen LogP contribution in [-0.2, 0) is 11.3 Å². The Hall–Kier alpha value is -2.70. The van der Waals surface area contributed by atoms with Gasteiger partial charge in [0, 0.05) is 32.1 Å². The number of carbonyl (C=O) groups is 2. The van der Waals surface area contributed by atoms with E-state index in [9.17, 15) is 14.4 Å². The monoisotopic (exact) mass is 372 g/mol. The predicted molar refractivity (Wildman–Crippen MR) is 106 cm³/mol. The molecule has 0 saturated carbocycles. The molecule has 146 valence electrons. The van der Waals surface area contributed by atoms with Gasteiger partial charge >= 0.3 is 0 Å². The molecule has 1 heterocycles. The molecule has 2 aromatic rings. The average molecular weight is 372 g/mol. The van der Waals surface area contributed by atoms with Gasteiger partial charge in [0.05, 0.1) is 11.9 Å². The lowest BCUT2D eigenvalue weighted by Crippen LogP contribution is -2.41. The van der Waals surface area contributed by atoms with Crippen molar-refractivity contribution in [3.05, 3.63) is 40.3 Å². The van der Waals surface area contributed by atoms with Crippen LogP contribution in [-0.4, -0.2) is 58.1 Å². The molecule has 0 aliphatic heterocycles. The summed E-state index contributed by atoms with van der Waals surface area (Å²) < 4.78 is 1.35. The highest BCUT2D eigenvalue weighted by Crippen LogP contribution is 2.15. The van der Waals surface area contributed by atoms with Gasteiger partial charge < -0.3 is 9.80 Å². The highest BCUT2D eigenvalue weighted by Gasteiger charge is 2.23. The highest BCUT2D eigenvalue weighted by molar-refractivity contribution is 6.05. The summed E-state index contributed by atoms with van der Waals surface area (Å²) in [4.78, 5) is 41.1. The second-order valence-corrected chi connectivity index (χ2v) is 7.00. The van der Waals surface area contributed by atoms with Gasteiger partial charge in [-0.25, -0.2) is 4.68 Å². The number of hydrogen-bond donors (Lipinski definition) is 0. The molecule has 2 amide bonds. The van der Waals surface area contributed by atoms with Crippen molar-refractivity contribution in [2.24, 2.45) is 5.92 Å². The van der Waals surface area contributed by atoms with Crippen LogP contribution in [0.5, 0.6) is 0 Å². The SMILES string of the molecule is CCN(CC)C(=O)CN(C)C(=O)c1nn(CC(C)C)c(=O)c2ccccc12. The average Bonchev–Trinajstić information content (AvgIpc) is 2.64. The number of benzene rings is 1. The lowest BCUT2D eigenvalue weighted by Gasteiger charge is -2.23. The number of fused-ring (bicyclic) bond motifs is 1. The number of amides is 2. The molecule has 7 heteroatoms. The van der Waals surface area contributed by atoms with Gasteiger partial charge in [-0.3, -0.25) is 14.4 Å². The number of likely N-dealkylation sites (N-methyl/N-ethyl adjacent to an activating group) is 2. The second kappa shape index (κ2) is 8.79. The number of hydrogen-bond acceptors (Lipinski definition) is 4. The van der Waals surface area contributed by atoms with E-state index in [0.29, 0.717) is 30.4 Å². The number of carbonyl (C=O) groups excluding carboxylic acids is 2. The van der Waals surface area contributed by atoms with Gasteiger partial charge in [0.15, 0.2) is 5.69 Å². The molecule has 0 spiro atoms. The Kier molecular flexibility index (Phi) is 6.71. The van der Waals surface area contributed by atoms with Gasteiger partial charge in [0.1, 0.15) is 0 Å². The van der Waals surface area contributed by atoms with Crippen LogP contribution >= 0.6 is 0 Å². The Morgan fingerprint density at radius 3 is 2.26 bits per heavy atom. The van der Waals surface area contributed by atoms with Gasteiger partial charge in [0.25, 0.3) is 11.5 Å². The minimum atomic E-state index is -0.371. The number of aromatic nitrogens is 2. The van der Waals surface area contributed by atoms with Crippen LogP contribution in [0.2, 0.25) is 0 Å². The molecule has 2 rings (SSSR count). The third kappa shape index (κ3) is 4.53. The fourth-order valence-corrected chi connectivity index (χ4v) is 2.99. The molecule has 27 heavy (non-hydrogen) atoms. The lowest BCUT2D eigenvalue weighted by atomic mass is 10.1. The van der Waals surface area contributed by atoms with Crippen LogP contribution in [0.4, 0.5) is 0 Å². The first-order valence-electron chi connectivity index (χ1n) is 9.33. The quantitative estimate of drug-likeness (QED) is 0.745. The summed E-state index contributed by atoms with van der Waals surface area (Å²) in [5.41, 5.74) is -0.0154. The molecule has 1 aromatic carbocycles. The van der Waals surface area contributed by atoms with Crippen molar-refractivity contribution < 1.29 is 9.59 Å². The van der Waals surface area contributed by atoms with E-state index in [1.54, 1.807) is 36.2 Å². The Morgan fingerprint density at radius 2 is 1.70 bits per heavy atom. The van der Waals surface area contributed by atoms with Gasteiger partial charge in [-0.05, 0) is 25.8 Å². The van der Waals surface area contributed by atoms with E-state index in [1.165, 1.54) is 9.58 Å². The maximum atomic E-state index is 13.0. The van der Waals surface area contributed by atoms with Crippen molar-refractivity contribution >= 4 is 22.6 Å². The van der Waals surface area contributed by atoms with E-state index in [0.717, 1.165) is 0 Å². The summed E-state index contributed by atoms with van der Waals surface area (Å²) in [5.74, 6) is -0.277. The van der Waals surface area contributed by atoms with E-state index in [-0.39, 0.29) is 35.5 Å². The van der Waals surface area contributed by atoms with Gasteiger partial charge in [-0.2, -0.15) is 5.10 Å². The molecule has 0 atom stereocenters. The van der Waals surface area contributed by atoms with E-state index < -0.39 is 0 Å². The smallest absolute Gasteiger partial charge is 0.275 e. The number of nitrogens with zero attached hydrogens (tertiary/aromatic N) is 4. The molecular formula is C20H28N4O3. The maximum Gasteiger partial charge on any atom is 0.275 e. The minimum absolute atomic E-state index is 0.0279. The summed E-state index contributed by atoms with van der Waals surface area (Å²) in [6.45, 7) is 9.36. The van der Waals surface area contributed by atoms with Gasteiger partial charge in [0.2, 0.25) is 5.91 Å². The Labute approximate surface area is 159 Å². The summed E-state index contributed by atoms with van der Waals surface area (Å²) >= 11 is 0. The third-order valence-corrected chi connectivity index (χ3v) is 4.44. The van der Waals surface area contributed by atoms with Crippen molar-refractivity contribution in [1.29, 1.82) is 0 Å². The number of rotatable bonds is 7. The first kappa shape index (κ1) is 20.6. The van der Waals surface area contributed by atoms with Crippen molar-refractivity contribution in [3.63, 3.8) is 0 Å². The van der Waals surface area contributed by atoms with Crippen molar-refractivity contribution in [2.75, 3.05) is 26.7 Å². The molecule has 1 aromatic heterocycles. The van der Waals surface area contributed by atoms with E-state index >= 15 is 0 Å². The zero-order chi connectivity index (χ0) is 20.1. The van der Waals surface area contributed by atoms with Crippen LogP contribution in [0.15, 0.2) is 29.1 Å². The van der Waals surface area contributed by atoms with Crippen LogP contribution in [0.25, 0.3) is 10.8 Å². The lowest BCUT2D eigenvalue weighted by molar-refractivity contribution is -0.131. The molecule has 7 nitrogen and oxygen atoms in total. The fourth-order valence-electron chi connectivity index (χ4n) is 2.99. The molecule has 0 saturated heterocycles. The molecule has 0 fully saturated rings. The summed E-state index contributed by atoms with van der Waals surface area (Å²) in [7, 11) is 1.58. The van der Waals surface area contributed by atoms with Crippen LogP contribution in [0, 0.1) is 5.92 Å². The van der Waals surface area contributed by atoms with Crippen LogP contribution in [0.1, 0.15) is 38.2 Å². The molecule has 0 N–H and O–H groups in total. The first-order chi connectivity index (χ1) is 12.8. The topological polar surface area (TPSA) is 75.5 Å². The molecular weight excluding hydrogens is 344 g/mol. The molecule has 0 aliphatic carbocycles. The standard InChI is InChI=1S/C20H28N4O3/c1-6-23(7-2)17(25)13-22(5)20(27)18-15-10-8-9-11-16(15)19(26)24(21-18)12-14(3)4/h8-11,14H,6-7,12-13H2,1-5H3. The van der Waals surface area contributed by atoms with E-state index in [4.69, 9.17) is 0 Å². The van der Waals surface area contributed by atoms with E-state index in [2.05, 4.69) is 5.10 Å². The van der Waals surface area contributed by atoms with Gasteiger partial charge in [-0.1, -0.05) is 32.0 Å². The second-order valence-electron chi connectivity index (χ2n) is 7.00. The van der Waals surface area contributed by atoms with E-state index in [1.807, 2.05) is 27.7 Å². The third-order valence-electron chi connectivity index (χ3n) is 4.44. The first-order valence-corrected chi connectivity index (χ1v) is 9.33. The van der Waals surface area contributed by atoms with Crippen LogP contribution < -0.4 is 5.56 Å². The summed E-state index contributed by atoms with van der Waals surface area (Å²) in [6.07, 6.45) is 0. The predicted octanol–water partition coefficient (Wildman–Crippen LogP) is 1.99. The van der Waals surface area contributed by atoms with Crippen molar-refractivity contribution in [2.45, 2.75) is 34.2 Å². The molecule has 0 unspecified atom stereocenters. The van der Waals surface area contributed by atoms with Gasteiger partial charge in [-0.15, -0.1) is 0 Å². The van der Waals surface area contributed by atoms with Crippen molar-refractivity contribution in [1.82, 2.24) is 19.6 Å². The molecule has 0 radical (unpaired) electrons. The summed E-state index contributed by atoms with van der Waals surface area (Å²) in [5, 5.41) is 5.31. The normalized spacial score (nSPS) is 11.0. The molecule has 0 aliphatic rings. The zero-order valence-corrected chi connectivity index (χ0v) is 16.7. The minimum Gasteiger partial charge on any atom is -0.342 e. The van der Waals surface area contributed by atoms with Crippen LogP contribution in [0.3, 0.4) is 0 Å². The Balaban J connectivity index is 2.44. The Bertz CT molecular complexity index is 884. The Morgan fingerprint density at radius 1 is 1.11 bits per heavy atom. The zero-order valence-electron chi connectivity index (χ0n) is 16.7. The largest absolute Gasteiger partial charge is 0.342 e. The molecule has 0 bridgehead atoms. The maximum absolute atomic E-state index is 13.0.